The zero-order valence-electron chi connectivity index (χ0n) is 9.37. The molecule has 1 N–H and O–H groups in total. The number of aliphatic carboxylic acids is 1. The molecule has 0 aliphatic heterocycles. The molecule has 0 aliphatic carbocycles. The molecular formula is C10H20O4. The summed E-state index contributed by atoms with van der Waals surface area (Å²) >= 11 is 0. The van der Waals surface area contributed by atoms with E-state index in [2.05, 4.69) is 25.2 Å². The number of carboxylic acid groups (broad SMARTS) is 1. The van der Waals surface area contributed by atoms with Crippen LogP contribution in [-0.4, -0.2) is 23.7 Å². The second kappa shape index (κ2) is 17.7. The van der Waals surface area contributed by atoms with Crippen LogP contribution in [0.3, 0.4) is 0 Å². The maximum absolute atomic E-state index is 9.93. The Morgan fingerprint density at radius 2 is 1.64 bits per heavy atom. The average Bonchev–Trinajstić information content (AvgIpc) is 2.01. The fraction of sp³-hybridized carbons (Fsp3) is 0.600. The van der Waals surface area contributed by atoms with Crippen LogP contribution in [0.2, 0.25) is 0 Å². The molecule has 14 heavy (non-hydrogen) atoms. The molecular weight excluding hydrogens is 184 g/mol. The highest BCUT2D eigenvalue weighted by molar-refractivity contribution is 5.65. The van der Waals surface area contributed by atoms with Gasteiger partial charge in [0.2, 0.25) is 0 Å². The molecule has 0 saturated carbocycles. The second-order valence-electron chi connectivity index (χ2n) is 2.32. The van der Waals surface area contributed by atoms with Crippen molar-refractivity contribution >= 4 is 11.9 Å². The summed E-state index contributed by atoms with van der Waals surface area (Å²) in [6.07, 6.45) is 2.78. The van der Waals surface area contributed by atoms with E-state index in [4.69, 9.17) is 9.90 Å². The SMILES string of the molecule is C=CCOC(C)=O.CC(=O)O.CCC. The van der Waals surface area contributed by atoms with E-state index in [1.165, 1.54) is 19.4 Å². The summed E-state index contributed by atoms with van der Waals surface area (Å²) in [6.45, 7) is 10.4. The molecule has 0 aromatic rings. The van der Waals surface area contributed by atoms with E-state index in [1.54, 1.807) is 0 Å². The quantitative estimate of drug-likeness (QED) is 0.553. The van der Waals surface area contributed by atoms with Crippen molar-refractivity contribution in [3.8, 4) is 0 Å². The van der Waals surface area contributed by atoms with Gasteiger partial charge in [0.25, 0.3) is 5.97 Å². The lowest BCUT2D eigenvalue weighted by atomic mass is 10.6. The zero-order chi connectivity index (χ0) is 12.0. The highest BCUT2D eigenvalue weighted by atomic mass is 16.5. The van der Waals surface area contributed by atoms with E-state index in [1.807, 2.05) is 0 Å². The third kappa shape index (κ3) is 139. The van der Waals surface area contributed by atoms with Crippen molar-refractivity contribution in [2.75, 3.05) is 6.61 Å². The molecule has 0 spiro atoms. The number of esters is 1. The van der Waals surface area contributed by atoms with E-state index in [0.29, 0.717) is 6.61 Å². The summed E-state index contributed by atoms with van der Waals surface area (Å²) in [6, 6.07) is 0. The van der Waals surface area contributed by atoms with Crippen molar-refractivity contribution in [2.45, 2.75) is 34.1 Å². The van der Waals surface area contributed by atoms with E-state index < -0.39 is 5.97 Å². The number of hydrogen-bond donors (Lipinski definition) is 1. The van der Waals surface area contributed by atoms with Gasteiger partial charge in [0.1, 0.15) is 6.61 Å². The van der Waals surface area contributed by atoms with Crippen LogP contribution in [0.5, 0.6) is 0 Å². The molecule has 0 heterocycles. The molecule has 0 aromatic carbocycles. The minimum absolute atomic E-state index is 0.264. The number of ether oxygens (including phenoxy) is 1. The first-order valence-electron chi connectivity index (χ1n) is 4.36. The van der Waals surface area contributed by atoms with Crippen LogP contribution in [0.1, 0.15) is 34.1 Å². The molecule has 0 radical (unpaired) electrons. The summed E-state index contributed by atoms with van der Waals surface area (Å²) in [5.41, 5.74) is 0. The minimum Gasteiger partial charge on any atom is -0.481 e. The lowest BCUT2D eigenvalue weighted by Gasteiger charge is -1.90. The first-order valence-corrected chi connectivity index (χ1v) is 4.36. The monoisotopic (exact) mass is 204 g/mol. The largest absolute Gasteiger partial charge is 0.481 e. The van der Waals surface area contributed by atoms with Gasteiger partial charge in [0.15, 0.2) is 0 Å². The van der Waals surface area contributed by atoms with Crippen molar-refractivity contribution in [3.63, 3.8) is 0 Å². The molecule has 0 aliphatic rings. The lowest BCUT2D eigenvalue weighted by Crippen LogP contribution is -1.96. The predicted molar refractivity (Wildman–Crippen MR) is 56.1 cm³/mol. The summed E-state index contributed by atoms with van der Waals surface area (Å²) in [5, 5.41) is 7.42. The highest BCUT2D eigenvalue weighted by Gasteiger charge is 1.83. The summed E-state index contributed by atoms with van der Waals surface area (Å²) < 4.78 is 4.43. The van der Waals surface area contributed by atoms with Crippen LogP contribution in [0.15, 0.2) is 12.7 Å². The van der Waals surface area contributed by atoms with E-state index in [0.717, 1.165) is 6.92 Å². The number of carboxylic acids is 1. The molecule has 0 saturated heterocycles. The van der Waals surface area contributed by atoms with Crippen LogP contribution in [0.4, 0.5) is 0 Å². The Bertz CT molecular complexity index is 148. The average molecular weight is 204 g/mol. The standard InChI is InChI=1S/C5H8O2.C3H8.C2H4O2/c1-3-4-7-5(2)6;1-3-2;1-2(3)4/h3H,1,4H2,2H3;3H2,1-2H3;1H3,(H,3,4). The minimum atomic E-state index is -0.833. The molecule has 0 aromatic heterocycles. The van der Waals surface area contributed by atoms with Crippen molar-refractivity contribution < 1.29 is 19.4 Å². The third-order valence-corrected chi connectivity index (χ3v) is 0.404. The molecule has 84 valence electrons. The summed E-state index contributed by atoms with van der Waals surface area (Å²) in [5.74, 6) is -1.10. The number of carbonyl (C=O) groups is 2. The lowest BCUT2D eigenvalue weighted by molar-refractivity contribution is -0.139. The zero-order valence-corrected chi connectivity index (χ0v) is 9.37. The van der Waals surface area contributed by atoms with Gasteiger partial charge in [0, 0.05) is 13.8 Å². The van der Waals surface area contributed by atoms with E-state index in [9.17, 15) is 4.79 Å². The van der Waals surface area contributed by atoms with Crippen molar-refractivity contribution in [1.29, 1.82) is 0 Å². The van der Waals surface area contributed by atoms with E-state index >= 15 is 0 Å². The van der Waals surface area contributed by atoms with Crippen LogP contribution in [0, 0.1) is 0 Å². The summed E-state index contributed by atoms with van der Waals surface area (Å²) in [4.78, 5) is 18.9. The molecule has 0 bridgehead atoms. The molecule has 0 atom stereocenters. The van der Waals surface area contributed by atoms with Crippen molar-refractivity contribution in [2.24, 2.45) is 0 Å². The highest BCUT2D eigenvalue weighted by Crippen LogP contribution is 1.73. The van der Waals surface area contributed by atoms with Crippen molar-refractivity contribution in [1.82, 2.24) is 0 Å². The first-order chi connectivity index (χ1) is 6.42. The molecule has 0 unspecified atom stereocenters. The van der Waals surface area contributed by atoms with Gasteiger partial charge in [-0.3, -0.25) is 9.59 Å². The van der Waals surface area contributed by atoms with Crippen LogP contribution < -0.4 is 0 Å². The number of carbonyl (C=O) groups excluding carboxylic acids is 1. The number of hydrogen-bond acceptors (Lipinski definition) is 3. The number of rotatable bonds is 2. The Kier molecular flexibility index (Phi) is 23.3. The van der Waals surface area contributed by atoms with Gasteiger partial charge in [-0.15, -0.1) is 0 Å². The predicted octanol–water partition coefficient (Wildman–Crippen LogP) is 2.24. The summed E-state index contributed by atoms with van der Waals surface area (Å²) in [7, 11) is 0. The van der Waals surface area contributed by atoms with Gasteiger partial charge < -0.3 is 9.84 Å². The Hall–Kier alpha value is -1.32. The van der Waals surface area contributed by atoms with Crippen molar-refractivity contribution in [3.05, 3.63) is 12.7 Å². The van der Waals surface area contributed by atoms with Gasteiger partial charge in [-0.2, -0.15) is 0 Å². The Morgan fingerprint density at radius 1 is 1.36 bits per heavy atom. The third-order valence-electron chi connectivity index (χ3n) is 0.404. The van der Waals surface area contributed by atoms with Crippen LogP contribution in [-0.2, 0) is 14.3 Å². The van der Waals surface area contributed by atoms with E-state index in [-0.39, 0.29) is 5.97 Å². The van der Waals surface area contributed by atoms with Crippen LogP contribution >= 0.6 is 0 Å². The van der Waals surface area contributed by atoms with Gasteiger partial charge in [-0.1, -0.05) is 32.9 Å². The van der Waals surface area contributed by atoms with Crippen LogP contribution in [0.25, 0.3) is 0 Å². The molecule has 4 heteroatoms. The Balaban J connectivity index is -0.000000147. The Labute approximate surface area is 85.6 Å². The molecule has 0 rings (SSSR count). The second-order valence-corrected chi connectivity index (χ2v) is 2.32. The molecule has 0 fully saturated rings. The molecule has 4 nitrogen and oxygen atoms in total. The normalized spacial score (nSPS) is 6.86. The van der Waals surface area contributed by atoms with Gasteiger partial charge in [-0.25, -0.2) is 0 Å². The maximum Gasteiger partial charge on any atom is 0.302 e. The maximum atomic E-state index is 9.93. The van der Waals surface area contributed by atoms with Gasteiger partial charge in [-0.05, 0) is 0 Å². The Morgan fingerprint density at radius 3 is 1.71 bits per heavy atom. The fourth-order valence-corrected chi connectivity index (χ4v) is 0.176. The smallest absolute Gasteiger partial charge is 0.302 e. The first kappa shape index (κ1) is 18.5. The van der Waals surface area contributed by atoms with Gasteiger partial charge >= 0.3 is 5.97 Å². The van der Waals surface area contributed by atoms with Gasteiger partial charge in [0.05, 0.1) is 0 Å². The topological polar surface area (TPSA) is 63.6 Å². The molecule has 0 amide bonds. The fourth-order valence-electron chi connectivity index (χ4n) is 0.176.